The van der Waals surface area contributed by atoms with Gasteiger partial charge in [-0.3, -0.25) is 0 Å². The van der Waals surface area contributed by atoms with Crippen molar-refractivity contribution in [3.8, 4) is 11.5 Å². The van der Waals surface area contributed by atoms with E-state index in [0.29, 0.717) is 11.5 Å². The molecule has 1 aromatic rings. The van der Waals surface area contributed by atoms with Gasteiger partial charge < -0.3 is 9.47 Å². The van der Waals surface area contributed by atoms with E-state index in [1.807, 2.05) is 0 Å². The second-order valence-electron chi connectivity index (χ2n) is 2.07. The van der Waals surface area contributed by atoms with E-state index in [2.05, 4.69) is 0 Å². The second-order valence-corrected chi connectivity index (χ2v) is 2.07. The molecule has 0 aromatic heterocycles. The first-order valence-corrected chi connectivity index (χ1v) is 2.97. The second kappa shape index (κ2) is 1.90. The van der Waals surface area contributed by atoms with Crippen LogP contribution in [0.25, 0.3) is 0 Å². The number of rotatable bonds is 0. The minimum Gasteiger partial charge on any atom is -0.454 e. The van der Waals surface area contributed by atoms with Crippen LogP contribution in [-0.4, -0.2) is 6.79 Å². The van der Waals surface area contributed by atoms with Crippen LogP contribution in [0, 0.1) is 6.85 Å². The van der Waals surface area contributed by atoms with Crippen LogP contribution < -0.4 is 9.47 Å². The number of hydrogen-bond donors (Lipinski definition) is 0. The summed E-state index contributed by atoms with van der Waals surface area (Å²) >= 11 is 0. The molecule has 0 saturated heterocycles. The van der Waals surface area contributed by atoms with Gasteiger partial charge in [-0.15, -0.1) is 0 Å². The fraction of sp³-hybridized carbons (Fsp3) is 0.250. The zero-order chi connectivity index (χ0) is 9.47. The Bertz CT molecular complexity index is 333. The fourth-order valence-electron chi connectivity index (χ4n) is 0.897. The lowest BCUT2D eigenvalue weighted by molar-refractivity contribution is 0.174. The number of aryl methyl sites for hydroxylation is 1. The van der Waals surface area contributed by atoms with E-state index in [-0.39, 0.29) is 12.4 Å². The SMILES string of the molecule is [2H]C([2H])([2H])c1ccc2c(c1)OCO2. The molecule has 52 valence electrons. The first kappa shape index (κ1) is 3.28. The molecule has 0 saturated carbocycles. The summed E-state index contributed by atoms with van der Waals surface area (Å²) in [5.74, 6) is 1.11. The van der Waals surface area contributed by atoms with Crippen molar-refractivity contribution >= 4 is 0 Å². The average Bonchev–Trinajstić information content (AvgIpc) is 2.47. The van der Waals surface area contributed by atoms with Gasteiger partial charge in [0, 0.05) is 4.11 Å². The molecule has 0 amide bonds. The highest BCUT2D eigenvalue weighted by molar-refractivity contribution is 5.43. The summed E-state index contributed by atoms with van der Waals surface area (Å²) in [4.78, 5) is 0. The lowest BCUT2D eigenvalue weighted by atomic mass is 10.2. The molecule has 1 heterocycles. The van der Waals surface area contributed by atoms with Gasteiger partial charge in [0.05, 0.1) is 0 Å². The largest absolute Gasteiger partial charge is 0.454 e. The fourth-order valence-corrected chi connectivity index (χ4v) is 0.897. The third-order valence-corrected chi connectivity index (χ3v) is 1.37. The van der Waals surface area contributed by atoms with Gasteiger partial charge >= 0.3 is 0 Å². The summed E-state index contributed by atoms with van der Waals surface area (Å²) in [6, 6.07) is 4.64. The van der Waals surface area contributed by atoms with Gasteiger partial charge in [0.25, 0.3) is 0 Å². The average molecular weight is 139 g/mol. The molecule has 0 unspecified atom stereocenters. The number of benzene rings is 1. The van der Waals surface area contributed by atoms with Gasteiger partial charge in [-0.05, 0) is 24.5 Å². The third-order valence-electron chi connectivity index (χ3n) is 1.37. The Hall–Kier alpha value is -1.18. The van der Waals surface area contributed by atoms with E-state index in [1.165, 1.54) is 12.1 Å². The van der Waals surface area contributed by atoms with Gasteiger partial charge in [-0.1, -0.05) is 6.07 Å². The van der Waals surface area contributed by atoms with Crippen molar-refractivity contribution in [2.24, 2.45) is 0 Å². The van der Waals surface area contributed by atoms with Crippen molar-refractivity contribution in [3.63, 3.8) is 0 Å². The lowest BCUT2D eigenvalue weighted by Gasteiger charge is -1.94. The molecule has 0 bridgehead atoms. The first-order chi connectivity index (χ1) is 6.07. The Morgan fingerprint density at radius 2 is 2.30 bits per heavy atom. The molecule has 1 aromatic carbocycles. The smallest absolute Gasteiger partial charge is 0.231 e. The monoisotopic (exact) mass is 139 g/mol. The highest BCUT2D eigenvalue weighted by Gasteiger charge is 2.11. The first-order valence-electron chi connectivity index (χ1n) is 4.47. The summed E-state index contributed by atoms with van der Waals surface area (Å²) in [6.07, 6.45) is 0. The van der Waals surface area contributed by atoms with E-state index >= 15 is 0 Å². The lowest BCUT2D eigenvalue weighted by Crippen LogP contribution is -1.92. The van der Waals surface area contributed by atoms with Crippen LogP contribution >= 0.6 is 0 Å². The molecular formula is C8H8O2. The van der Waals surface area contributed by atoms with Crippen LogP contribution in [0.15, 0.2) is 18.2 Å². The molecule has 2 heteroatoms. The third kappa shape index (κ3) is 0.727. The molecule has 0 radical (unpaired) electrons. The molecule has 10 heavy (non-hydrogen) atoms. The van der Waals surface area contributed by atoms with Crippen LogP contribution in [0.1, 0.15) is 9.68 Å². The Balaban J connectivity index is 2.42. The van der Waals surface area contributed by atoms with E-state index in [1.54, 1.807) is 6.07 Å². The van der Waals surface area contributed by atoms with Gasteiger partial charge in [-0.2, -0.15) is 0 Å². The van der Waals surface area contributed by atoms with Crippen molar-refractivity contribution in [2.45, 2.75) is 6.85 Å². The number of fused-ring (bicyclic) bond motifs is 1. The van der Waals surface area contributed by atoms with Crippen LogP contribution in [0.5, 0.6) is 11.5 Å². The van der Waals surface area contributed by atoms with E-state index in [4.69, 9.17) is 13.6 Å². The van der Waals surface area contributed by atoms with E-state index in [9.17, 15) is 0 Å². The summed E-state index contributed by atoms with van der Waals surface area (Å²) in [5.41, 5.74) is 0.275. The Morgan fingerprint density at radius 3 is 3.20 bits per heavy atom. The molecule has 2 nitrogen and oxygen atoms in total. The quantitative estimate of drug-likeness (QED) is 0.545. The van der Waals surface area contributed by atoms with Gasteiger partial charge in [0.1, 0.15) is 0 Å². The topological polar surface area (TPSA) is 18.5 Å². The summed E-state index contributed by atoms with van der Waals surface area (Å²) in [7, 11) is 0. The van der Waals surface area contributed by atoms with Crippen LogP contribution in [0.3, 0.4) is 0 Å². The highest BCUT2D eigenvalue weighted by atomic mass is 16.7. The molecular weight excluding hydrogens is 128 g/mol. The Labute approximate surface area is 63.6 Å². The zero-order valence-corrected chi connectivity index (χ0v) is 5.26. The standard InChI is InChI=1S/C8H8O2/c1-6-2-3-7-8(4-6)10-5-9-7/h2-4H,5H2,1H3/i1D3. The molecule has 0 fully saturated rings. The van der Waals surface area contributed by atoms with Crippen molar-refractivity contribution in [1.82, 2.24) is 0 Å². The van der Waals surface area contributed by atoms with E-state index in [0.717, 1.165) is 0 Å². The van der Waals surface area contributed by atoms with E-state index < -0.39 is 6.85 Å². The molecule has 0 spiro atoms. The minimum atomic E-state index is -2.08. The molecule has 2 rings (SSSR count). The predicted molar refractivity (Wildman–Crippen MR) is 37.3 cm³/mol. The summed E-state index contributed by atoms with van der Waals surface area (Å²) in [6.45, 7) is -1.92. The molecule has 0 N–H and O–H groups in total. The molecule has 1 aliphatic rings. The van der Waals surface area contributed by atoms with Gasteiger partial charge in [0.15, 0.2) is 11.5 Å². The van der Waals surface area contributed by atoms with Gasteiger partial charge in [0.2, 0.25) is 6.79 Å². The van der Waals surface area contributed by atoms with Gasteiger partial charge in [-0.25, -0.2) is 0 Å². The highest BCUT2D eigenvalue weighted by Crippen LogP contribution is 2.31. The number of ether oxygens (including phenoxy) is 2. The minimum absolute atomic E-state index is 0.166. The Kier molecular flexibility index (Phi) is 0.625. The van der Waals surface area contributed by atoms with Crippen LogP contribution in [-0.2, 0) is 0 Å². The maximum Gasteiger partial charge on any atom is 0.231 e. The predicted octanol–water partition coefficient (Wildman–Crippen LogP) is 1.72. The molecule has 1 aliphatic heterocycles. The van der Waals surface area contributed by atoms with Crippen molar-refractivity contribution in [3.05, 3.63) is 23.8 Å². The van der Waals surface area contributed by atoms with Crippen molar-refractivity contribution in [1.29, 1.82) is 0 Å². The zero-order valence-electron chi connectivity index (χ0n) is 8.26. The Morgan fingerprint density at radius 1 is 1.40 bits per heavy atom. The normalized spacial score (nSPS) is 19.4. The summed E-state index contributed by atoms with van der Waals surface area (Å²) in [5, 5.41) is 0. The molecule has 0 aliphatic carbocycles. The van der Waals surface area contributed by atoms with Crippen LogP contribution in [0.2, 0.25) is 0 Å². The maximum atomic E-state index is 7.17. The number of hydrogen-bond acceptors (Lipinski definition) is 2. The molecule has 0 atom stereocenters. The van der Waals surface area contributed by atoms with Crippen LogP contribution in [0.4, 0.5) is 0 Å². The van der Waals surface area contributed by atoms with Crippen molar-refractivity contribution < 1.29 is 13.6 Å². The van der Waals surface area contributed by atoms with Crippen molar-refractivity contribution in [2.75, 3.05) is 6.79 Å². The summed E-state index contributed by atoms with van der Waals surface area (Å²) < 4.78 is 31.6. The maximum absolute atomic E-state index is 7.17.